The lowest BCUT2D eigenvalue weighted by atomic mass is 9.73. The highest BCUT2D eigenvalue weighted by Gasteiger charge is 2.46. The van der Waals surface area contributed by atoms with Crippen molar-refractivity contribution in [2.45, 2.75) is 45.8 Å². The summed E-state index contributed by atoms with van der Waals surface area (Å²) in [7, 11) is 0. The zero-order chi connectivity index (χ0) is 22.5. The van der Waals surface area contributed by atoms with E-state index in [-0.39, 0.29) is 18.1 Å². The van der Waals surface area contributed by atoms with Crippen LogP contribution in [0, 0.1) is 19.3 Å². The van der Waals surface area contributed by atoms with Crippen LogP contribution in [-0.4, -0.2) is 33.1 Å². The van der Waals surface area contributed by atoms with Crippen LogP contribution in [0.5, 0.6) is 0 Å². The fourth-order valence-electron chi connectivity index (χ4n) is 5.36. The van der Waals surface area contributed by atoms with Crippen molar-refractivity contribution in [1.82, 2.24) is 15.0 Å². The van der Waals surface area contributed by atoms with Gasteiger partial charge in [-0.3, -0.25) is 4.98 Å². The summed E-state index contributed by atoms with van der Waals surface area (Å²) in [6.45, 7) is 5.32. The first kappa shape index (κ1) is 21.3. The van der Waals surface area contributed by atoms with Gasteiger partial charge in [0.1, 0.15) is 5.69 Å². The molecule has 1 aliphatic heterocycles. The lowest BCUT2D eigenvalue weighted by Gasteiger charge is -2.43. The summed E-state index contributed by atoms with van der Waals surface area (Å²) in [5.41, 5.74) is 13.1. The summed E-state index contributed by atoms with van der Waals surface area (Å²) in [5.74, 6) is 0.759. The normalized spacial score (nSPS) is 19.4. The zero-order valence-corrected chi connectivity index (χ0v) is 19.2. The van der Waals surface area contributed by atoms with E-state index in [1.165, 1.54) is 11.1 Å². The Balaban J connectivity index is 1.42. The molecule has 166 valence electrons. The molecule has 0 unspecified atom stereocenters. The summed E-state index contributed by atoms with van der Waals surface area (Å²) in [5, 5.41) is 10.7. The molecule has 1 atom stereocenters. The Morgan fingerprint density at radius 2 is 1.88 bits per heavy atom. The van der Waals surface area contributed by atoms with Gasteiger partial charge in [0.15, 0.2) is 5.82 Å². The number of anilines is 1. The third-order valence-corrected chi connectivity index (χ3v) is 7.72. The standard InChI is InChI=1S/C25H28ClN5O/c1-15-21(26)19(7-10-28-15)22-16(2)29-24(20(14-32)30-22)31-11-8-25(9-12-31)13-17-5-3-4-6-18(17)23(25)27/h3-7,10,23,32H,8-9,11-14,27H2,1-2H3/t23-/m1/s1. The van der Waals surface area contributed by atoms with E-state index < -0.39 is 0 Å². The maximum atomic E-state index is 10.1. The van der Waals surface area contributed by atoms with Crippen molar-refractivity contribution in [3.63, 3.8) is 0 Å². The van der Waals surface area contributed by atoms with Gasteiger partial charge in [0, 0.05) is 30.9 Å². The van der Waals surface area contributed by atoms with Gasteiger partial charge in [-0.2, -0.15) is 0 Å². The molecule has 1 spiro atoms. The average Bonchev–Trinajstić information content (AvgIpc) is 3.07. The number of piperidine rings is 1. The lowest BCUT2D eigenvalue weighted by molar-refractivity contribution is 0.186. The van der Waals surface area contributed by atoms with Crippen LogP contribution in [0.4, 0.5) is 5.82 Å². The second-order valence-electron chi connectivity index (χ2n) is 9.05. The van der Waals surface area contributed by atoms with Gasteiger partial charge in [-0.25, -0.2) is 9.97 Å². The maximum Gasteiger partial charge on any atom is 0.153 e. The lowest BCUT2D eigenvalue weighted by Crippen LogP contribution is -2.45. The van der Waals surface area contributed by atoms with E-state index in [0.29, 0.717) is 16.4 Å². The van der Waals surface area contributed by atoms with Crippen LogP contribution < -0.4 is 10.6 Å². The van der Waals surface area contributed by atoms with Gasteiger partial charge in [0.05, 0.1) is 28.7 Å². The monoisotopic (exact) mass is 449 g/mol. The molecule has 7 heteroatoms. The third kappa shape index (κ3) is 3.38. The van der Waals surface area contributed by atoms with Crippen molar-refractivity contribution in [1.29, 1.82) is 0 Å². The Morgan fingerprint density at radius 3 is 2.59 bits per heavy atom. The zero-order valence-electron chi connectivity index (χ0n) is 18.5. The predicted octanol–water partition coefficient (Wildman–Crippen LogP) is 4.14. The van der Waals surface area contributed by atoms with Gasteiger partial charge in [-0.15, -0.1) is 0 Å². The molecule has 0 bridgehead atoms. The Morgan fingerprint density at radius 1 is 1.12 bits per heavy atom. The molecule has 6 nitrogen and oxygen atoms in total. The molecule has 1 aromatic carbocycles. The molecular weight excluding hydrogens is 422 g/mol. The minimum Gasteiger partial charge on any atom is -0.390 e. The number of aromatic nitrogens is 3. The minimum atomic E-state index is -0.177. The van der Waals surface area contributed by atoms with Gasteiger partial charge in [-0.05, 0) is 55.7 Å². The van der Waals surface area contributed by atoms with Gasteiger partial charge in [0.2, 0.25) is 0 Å². The molecule has 0 saturated carbocycles. The molecule has 3 N–H and O–H groups in total. The molecule has 1 fully saturated rings. The number of fused-ring (bicyclic) bond motifs is 1. The summed E-state index contributed by atoms with van der Waals surface area (Å²) >= 11 is 6.49. The van der Waals surface area contributed by atoms with Crippen molar-refractivity contribution in [2.75, 3.05) is 18.0 Å². The van der Waals surface area contributed by atoms with E-state index in [1.807, 2.05) is 19.9 Å². The van der Waals surface area contributed by atoms with Crippen LogP contribution in [0.1, 0.15) is 47.1 Å². The van der Waals surface area contributed by atoms with Crippen LogP contribution >= 0.6 is 11.6 Å². The number of nitrogens with two attached hydrogens (primary N) is 1. The number of aliphatic hydroxyl groups excluding tert-OH is 1. The smallest absolute Gasteiger partial charge is 0.153 e. The summed E-state index contributed by atoms with van der Waals surface area (Å²) in [6.07, 6.45) is 4.74. The number of aliphatic hydroxyl groups is 1. The van der Waals surface area contributed by atoms with Crippen molar-refractivity contribution < 1.29 is 5.11 Å². The molecule has 2 aliphatic rings. The fourth-order valence-corrected chi connectivity index (χ4v) is 5.56. The molecule has 0 amide bonds. The molecule has 1 aliphatic carbocycles. The van der Waals surface area contributed by atoms with Crippen molar-refractivity contribution in [3.8, 4) is 11.3 Å². The fraction of sp³-hybridized carbons (Fsp3) is 0.400. The minimum absolute atomic E-state index is 0.0745. The van der Waals surface area contributed by atoms with Gasteiger partial charge < -0.3 is 15.7 Å². The quantitative estimate of drug-likeness (QED) is 0.624. The number of benzene rings is 1. The Kier molecular flexibility index (Phi) is 5.40. The highest BCUT2D eigenvalue weighted by Crippen LogP contribution is 2.51. The van der Waals surface area contributed by atoms with Crippen molar-refractivity contribution in [3.05, 3.63) is 69.8 Å². The first-order chi connectivity index (χ1) is 15.4. The molecule has 0 radical (unpaired) electrons. The maximum absolute atomic E-state index is 10.1. The molecular formula is C25H28ClN5O. The number of aryl methyl sites for hydroxylation is 2. The molecule has 2 aromatic heterocycles. The molecule has 1 saturated heterocycles. The first-order valence-corrected chi connectivity index (χ1v) is 11.5. The highest BCUT2D eigenvalue weighted by molar-refractivity contribution is 6.33. The second-order valence-corrected chi connectivity index (χ2v) is 9.42. The molecule has 5 rings (SSSR count). The van der Waals surface area contributed by atoms with Crippen LogP contribution in [0.3, 0.4) is 0 Å². The first-order valence-electron chi connectivity index (χ1n) is 11.1. The van der Waals surface area contributed by atoms with E-state index in [4.69, 9.17) is 27.3 Å². The van der Waals surface area contributed by atoms with E-state index in [9.17, 15) is 5.11 Å². The van der Waals surface area contributed by atoms with Crippen molar-refractivity contribution in [2.24, 2.45) is 11.1 Å². The third-order valence-electron chi connectivity index (χ3n) is 7.24. The molecule has 3 aromatic rings. The number of rotatable bonds is 3. The Hall–Kier alpha value is -2.54. The van der Waals surface area contributed by atoms with E-state index in [0.717, 1.165) is 55.1 Å². The van der Waals surface area contributed by atoms with Gasteiger partial charge in [0.25, 0.3) is 0 Å². The van der Waals surface area contributed by atoms with Crippen LogP contribution in [0.2, 0.25) is 5.02 Å². The molecule has 3 heterocycles. The topological polar surface area (TPSA) is 88.2 Å². The summed E-state index contributed by atoms with van der Waals surface area (Å²) in [6, 6.07) is 10.5. The van der Waals surface area contributed by atoms with Gasteiger partial charge >= 0.3 is 0 Å². The van der Waals surface area contributed by atoms with E-state index in [2.05, 4.69) is 34.1 Å². The van der Waals surface area contributed by atoms with E-state index >= 15 is 0 Å². The second kappa shape index (κ2) is 8.10. The number of nitrogens with zero attached hydrogens (tertiary/aromatic N) is 4. The number of pyridine rings is 1. The Bertz CT molecular complexity index is 1170. The highest BCUT2D eigenvalue weighted by atomic mass is 35.5. The summed E-state index contributed by atoms with van der Waals surface area (Å²) < 4.78 is 0. The predicted molar refractivity (Wildman–Crippen MR) is 127 cm³/mol. The SMILES string of the molecule is Cc1nc(N2CCC3(CC2)Cc2ccccc2[C@H]3N)c(CO)nc1-c1ccnc(C)c1Cl. The largest absolute Gasteiger partial charge is 0.390 e. The van der Waals surface area contributed by atoms with Crippen LogP contribution in [-0.2, 0) is 13.0 Å². The summed E-state index contributed by atoms with van der Waals surface area (Å²) in [4.78, 5) is 16.1. The number of halogens is 1. The number of hydrogen-bond acceptors (Lipinski definition) is 6. The average molecular weight is 450 g/mol. The Labute approximate surface area is 193 Å². The van der Waals surface area contributed by atoms with E-state index in [1.54, 1.807) is 6.20 Å². The van der Waals surface area contributed by atoms with Crippen LogP contribution in [0.15, 0.2) is 36.5 Å². The molecule has 32 heavy (non-hydrogen) atoms. The van der Waals surface area contributed by atoms with Crippen molar-refractivity contribution >= 4 is 17.4 Å². The van der Waals surface area contributed by atoms with Crippen LogP contribution in [0.25, 0.3) is 11.3 Å². The number of hydrogen-bond donors (Lipinski definition) is 2. The van der Waals surface area contributed by atoms with Gasteiger partial charge in [-0.1, -0.05) is 35.9 Å².